The molecule has 0 bridgehead atoms. The van der Waals surface area contributed by atoms with Crippen LogP contribution >= 0.6 is 11.3 Å². The number of benzene rings is 1. The van der Waals surface area contributed by atoms with Crippen molar-refractivity contribution in [2.24, 2.45) is 5.41 Å². The number of aliphatic hydroxyl groups excluding tert-OH is 1. The standard InChI is InChI=1S/C27H38N4O4S/c1-15(2)21-10-18(23-16(3)29-14-36-23)8-9-19(21)12-28-25(34)22-11-20(33)13-31(22)26(35)24(27(5,6)7)30-17(4)32/h8-10,14-15,20,22,24,33H,11-13H2,1-7H3,(H,28,34)(H,30,32)/t20-,22?,24-/m1/s1. The Bertz CT molecular complexity index is 1120. The van der Waals surface area contributed by atoms with Crippen molar-refractivity contribution in [1.29, 1.82) is 0 Å². The summed E-state index contributed by atoms with van der Waals surface area (Å²) in [4.78, 5) is 45.3. The summed E-state index contributed by atoms with van der Waals surface area (Å²) in [5, 5.41) is 16.0. The molecule has 0 saturated carbocycles. The number of aliphatic hydroxyl groups is 1. The molecule has 1 unspecified atom stereocenters. The van der Waals surface area contributed by atoms with Gasteiger partial charge in [-0.2, -0.15) is 0 Å². The van der Waals surface area contributed by atoms with Gasteiger partial charge in [0.15, 0.2) is 0 Å². The largest absolute Gasteiger partial charge is 0.391 e. The summed E-state index contributed by atoms with van der Waals surface area (Å²) >= 11 is 1.61. The number of thiazole rings is 1. The maximum Gasteiger partial charge on any atom is 0.246 e. The Kier molecular flexibility index (Phi) is 8.56. The Morgan fingerprint density at radius 2 is 1.94 bits per heavy atom. The molecule has 3 atom stereocenters. The highest BCUT2D eigenvalue weighted by Gasteiger charge is 2.44. The number of hydrogen-bond donors (Lipinski definition) is 3. The first-order valence-electron chi connectivity index (χ1n) is 12.4. The molecule has 9 heteroatoms. The highest BCUT2D eigenvalue weighted by atomic mass is 32.1. The van der Waals surface area contributed by atoms with Crippen molar-refractivity contribution < 1.29 is 19.5 Å². The molecule has 3 rings (SSSR count). The Morgan fingerprint density at radius 1 is 1.25 bits per heavy atom. The molecule has 1 aromatic carbocycles. The lowest BCUT2D eigenvalue weighted by molar-refractivity contribution is -0.143. The molecule has 36 heavy (non-hydrogen) atoms. The van der Waals surface area contributed by atoms with Crippen LogP contribution in [0.5, 0.6) is 0 Å². The number of nitrogens with zero attached hydrogens (tertiary/aromatic N) is 2. The second-order valence-corrected chi connectivity index (χ2v) is 11.8. The summed E-state index contributed by atoms with van der Waals surface area (Å²) in [6, 6.07) is 4.63. The highest BCUT2D eigenvalue weighted by Crippen LogP contribution is 2.32. The zero-order valence-electron chi connectivity index (χ0n) is 22.2. The van der Waals surface area contributed by atoms with Gasteiger partial charge in [-0.05, 0) is 41.0 Å². The predicted molar refractivity (Wildman–Crippen MR) is 141 cm³/mol. The number of hydrogen-bond acceptors (Lipinski definition) is 6. The summed E-state index contributed by atoms with van der Waals surface area (Å²) in [7, 11) is 0. The third-order valence-corrected chi connectivity index (χ3v) is 7.53. The first kappa shape index (κ1) is 27.8. The first-order valence-corrected chi connectivity index (χ1v) is 13.2. The molecule has 8 nitrogen and oxygen atoms in total. The van der Waals surface area contributed by atoms with E-state index in [4.69, 9.17) is 0 Å². The summed E-state index contributed by atoms with van der Waals surface area (Å²) in [6.07, 6.45) is -0.634. The number of aromatic nitrogens is 1. The van der Waals surface area contributed by atoms with Gasteiger partial charge in [0.1, 0.15) is 12.1 Å². The van der Waals surface area contributed by atoms with Gasteiger partial charge in [-0.3, -0.25) is 14.4 Å². The average Bonchev–Trinajstić information content (AvgIpc) is 3.39. The van der Waals surface area contributed by atoms with Gasteiger partial charge in [0.25, 0.3) is 0 Å². The van der Waals surface area contributed by atoms with E-state index in [-0.39, 0.29) is 36.6 Å². The van der Waals surface area contributed by atoms with Gasteiger partial charge < -0.3 is 20.6 Å². The van der Waals surface area contributed by atoms with Crippen LogP contribution in [0, 0.1) is 12.3 Å². The number of β-amino-alcohol motifs (C(OH)–C–C–N with tert-alkyl or cyclic N) is 1. The zero-order valence-corrected chi connectivity index (χ0v) is 23.0. The van der Waals surface area contributed by atoms with Gasteiger partial charge in [0, 0.05) is 26.4 Å². The van der Waals surface area contributed by atoms with Gasteiger partial charge >= 0.3 is 0 Å². The molecule has 1 aliphatic rings. The summed E-state index contributed by atoms with van der Waals surface area (Å²) < 4.78 is 0. The number of rotatable bonds is 7. The first-order chi connectivity index (χ1) is 16.8. The lowest BCUT2D eigenvalue weighted by Gasteiger charge is -2.35. The number of aryl methyl sites for hydroxylation is 1. The van der Waals surface area contributed by atoms with Crippen molar-refractivity contribution in [3.8, 4) is 10.4 Å². The van der Waals surface area contributed by atoms with Gasteiger partial charge in [-0.25, -0.2) is 4.98 Å². The fraction of sp³-hybridized carbons (Fsp3) is 0.556. The maximum atomic E-state index is 13.4. The molecule has 0 aliphatic carbocycles. The molecule has 0 radical (unpaired) electrons. The fourth-order valence-electron chi connectivity index (χ4n) is 4.64. The van der Waals surface area contributed by atoms with Crippen LogP contribution in [0.15, 0.2) is 23.7 Å². The minimum atomic E-state index is -0.800. The Morgan fingerprint density at radius 3 is 2.50 bits per heavy atom. The monoisotopic (exact) mass is 514 g/mol. The van der Waals surface area contributed by atoms with Gasteiger partial charge in [0.2, 0.25) is 17.7 Å². The van der Waals surface area contributed by atoms with Gasteiger partial charge in [0.05, 0.1) is 22.2 Å². The molecule has 2 aromatic rings. The molecule has 196 valence electrons. The number of likely N-dealkylation sites (tertiary alicyclic amines) is 1. The molecule has 1 fully saturated rings. The van der Waals surface area contributed by atoms with E-state index >= 15 is 0 Å². The Balaban J connectivity index is 1.77. The van der Waals surface area contributed by atoms with E-state index in [1.807, 2.05) is 45.3 Å². The number of carbonyl (C=O) groups is 3. The van der Waals surface area contributed by atoms with Crippen LogP contribution in [0.1, 0.15) is 70.7 Å². The van der Waals surface area contributed by atoms with Crippen LogP contribution in [-0.4, -0.2) is 57.4 Å². The number of nitrogens with one attached hydrogen (secondary N) is 2. The third-order valence-electron chi connectivity index (χ3n) is 6.55. The molecule has 2 heterocycles. The normalized spacial score (nSPS) is 18.9. The topological polar surface area (TPSA) is 112 Å². The van der Waals surface area contributed by atoms with Crippen molar-refractivity contribution in [3.05, 3.63) is 40.5 Å². The number of carbonyl (C=O) groups excluding carboxylic acids is 3. The van der Waals surface area contributed by atoms with Crippen LogP contribution in [0.3, 0.4) is 0 Å². The van der Waals surface area contributed by atoms with E-state index in [9.17, 15) is 19.5 Å². The van der Waals surface area contributed by atoms with Crippen molar-refractivity contribution >= 4 is 29.1 Å². The van der Waals surface area contributed by atoms with Gasteiger partial charge in [-0.1, -0.05) is 46.8 Å². The van der Waals surface area contributed by atoms with Crippen LogP contribution in [0.4, 0.5) is 0 Å². The van der Waals surface area contributed by atoms with E-state index in [0.717, 1.165) is 27.3 Å². The van der Waals surface area contributed by atoms with Crippen molar-refractivity contribution in [2.75, 3.05) is 6.54 Å². The van der Waals surface area contributed by atoms with Crippen LogP contribution in [-0.2, 0) is 20.9 Å². The van der Waals surface area contributed by atoms with Crippen molar-refractivity contribution in [2.45, 2.75) is 85.5 Å². The molecular weight excluding hydrogens is 476 g/mol. The lowest BCUT2D eigenvalue weighted by atomic mass is 9.85. The smallest absolute Gasteiger partial charge is 0.246 e. The van der Waals surface area contributed by atoms with Crippen molar-refractivity contribution in [3.63, 3.8) is 0 Å². The molecule has 3 N–H and O–H groups in total. The van der Waals surface area contributed by atoms with E-state index in [2.05, 4.69) is 35.5 Å². The van der Waals surface area contributed by atoms with E-state index < -0.39 is 23.6 Å². The van der Waals surface area contributed by atoms with Crippen LogP contribution in [0.25, 0.3) is 10.4 Å². The number of amides is 3. The predicted octanol–water partition coefficient (Wildman–Crippen LogP) is 3.37. The SMILES string of the molecule is CC(=O)N[C@H](C(=O)N1C[C@H](O)CC1C(=O)NCc1ccc(-c2scnc2C)cc1C(C)C)C(C)(C)C. The van der Waals surface area contributed by atoms with Crippen molar-refractivity contribution in [1.82, 2.24) is 20.5 Å². The molecule has 1 aromatic heterocycles. The molecular formula is C27H38N4O4S. The van der Waals surface area contributed by atoms with Gasteiger partial charge in [-0.15, -0.1) is 11.3 Å². The zero-order chi connectivity index (χ0) is 26.8. The average molecular weight is 515 g/mol. The third kappa shape index (κ3) is 6.31. The quantitative estimate of drug-likeness (QED) is 0.525. The maximum absolute atomic E-state index is 13.4. The fourth-order valence-corrected chi connectivity index (χ4v) is 5.44. The molecule has 1 saturated heterocycles. The summed E-state index contributed by atoms with van der Waals surface area (Å²) in [6.45, 7) is 13.5. The lowest BCUT2D eigenvalue weighted by Crippen LogP contribution is -2.57. The van der Waals surface area contributed by atoms with Crippen LogP contribution < -0.4 is 10.6 Å². The molecule has 1 aliphatic heterocycles. The van der Waals surface area contributed by atoms with E-state index in [1.54, 1.807) is 11.3 Å². The highest BCUT2D eigenvalue weighted by molar-refractivity contribution is 7.13. The minimum absolute atomic E-state index is 0.0588. The second-order valence-electron chi connectivity index (χ2n) is 10.9. The summed E-state index contributed by atoms with van der Waals surface area (Å²) in [5.74, 6) is -0.738. The van der Waals surface area contributed by atoms with E-state index in [1.165, 1.54) is 11.8 Å². The van der Waals surface area contributed by atoms with E-state index in [0.29, 0.717) is 6.54 Å². The minimum Gasteiger partial charge on any atom is -0.391 e. The second kappa shape index (κ2) is 11.1. The summed E-state index contributed by atoms with van der Waals surface area (Å²) in [5.41, 5.74) is 5.53. The molecule has 3 amide bonds. The molecule has 0 spiro atoms. The Hall–Kier alpha value is -2.78. The van der Waals surface area contributed by atoms with Crippen LogP contribution in [0.2, 0.25) is 0 Å². The Labute approximate surface area is 217 Å².